The molecule has 1 N–H and O–H groups in total. The van der Waals surface area contributed by atoms with Gasteiger partial charge in [0.25, 0.3) is 0 Å². The van der Waals surface area contributed by atoms with Crippen LogP contribution in [0.2, 0.25) is 0 Å². The highest BCUT2D eigenvalue weighted by Gasteiger charge is 2.41. The summed E-state index contributed by atoms with van der Waals surface area (Å²) < 4.78 is 17.5. The molecule has 2 aliphatic heterocycles. The first-order valence-electron chi connectivity index (χ1n) is 10.1. The molecule has 0 spiro atoms. The fraction of sp³-hybridized carbons (Fsp3) is 0.435. The third-order valence-corrected chi connectivity index (χ3v) is 6.44. The van der Waals surface area contributed by atoms with Crippen molar-refractivity contribution in [2.75, 3.05) is 13.1 Å². The number of alkyl halides is 1. The van der Waals surface area contributed by atoms with Gasteiger partial charge < -0.3 is 9.67 Å². The van der Waals surface area contributed by atoms with Gasteiger partial charge in [0.2, 0.25) is 0 Å². The molecule has 0 aliphatic carbocycles. The Bertz CT molecular complexity index is 1030. The van der Waals surface area contributed by atoms with Gasteiger partial charge in [-0.1, -0.05) is 17.7 Å². The molecule has 0 bridgehead atoms. The first kappa shape index (κ1) is 17.8. The summed E-state index contributed by atoms with van der Waals surface area (Å²) in [6.45, 7) is 5.59. The molecule has 3 aromatic rings. The molecule has 28 heavy (non-hydrogen) atoms. The molecule has 1 aromatic carbocycles. The van der Waals surface area contributed by atoms with Crippen molar-refractivity contribution in [3.63, 3.8) is 0 Å². The SMILES string of the molecule is Cc1ccc2c(c1)c1c(n2CC(C)(O)c2cccnc2)C(F)CN2CCCC12. The monoisotopic (exact) mass is 379 g/mol. The lowest BCUT2D eigenvalue weighted by atomic mass is 9.94. The van der Waals surface area contributed by atoms with Crippen LogP contribution in [-0.2, 0) is 12.1 Å². The summed E-state index contributed by atoms with van der Waals surface area (Å²) in [5.74, 6) is 0. The normalized spacial score (nSPS) is 24.1. The number of aryl methyl sites for hydroxylation is 1. The zero-order valence-corrected chi connectivity index (χ0v) is 16.4. The molecule has 146 valence electrons. The van der Waals surface area contributed by atoms with Crippen molar-refractivity contribution in [2.24, 2.45) is 0 Å². The van der Waals surface area contributed by atoms with Gasteiger partial charge in [-0.3, -0.25) is 9.88 Å². The molecule has 3 atom stereocenters. The van der Waals surface area contributed by atoms with Crippen molar-refractivity contribution in [1.82, 2.24) is 14.5 Å². The largest absolute Gasteiger partial charge is 0.384 e. The van der Waals surface area contributed by atoms with Crippen molar-refractivity contribution in [1.29, 1.82) is 0 Å². The molecular weight excluding hydrogens is 353 g/mol. The minimum atomic E-state index is -1.13. The summed E-state index contributed by atoms with van der Waals surface area (Å²) in [7, 11) is 0. The predicted octanol–water partition coefficient (Wildman–Crippen LogP) is 4.41. The van der Waals surface area contributed by atoms with E-state index in [-0.39, 0.29) is 6.04 Å². The van der Waals surface area contributed by atoms with Gasteiger partial charge in [0, 0.05) is 47.0 Å². The van der Waals surface area contributed by atoms with Gasteiger partial charge in [-0.05, 0) is 51.4 Å². The van der Waals surface area contributed by atoms with Gasteiger partial charge in [0.1, 0.15) is 5.60 Å². The second kappa shape index (κ2) is 6.39. The second-order valence-corrected chi connectivity index (χ2v) is 8.54. The van der Waals surface area contributed by atoms with Crippen molar-refractivity contribution < 1.29 is 9.50 Å². The molecule has 0 radical (unpaired) electrons. The van der Waals surface area contributed by atoms with E-state index in [4.69, 9.17) is 0 Å². The summed E-state index contributed by atoms with van der Waals surface area (Å²) in [6, 6.07) is 10.3. The Balaban J connectivity index is 1.70. The maximum Gasteiger partial charge on any atom is 0.153 e. The number of benzene rings is 1. The van der Waals surface area contributed by atoms with Gasteiger partial charge in [0.15, 0.2) is 6.17 Å². The maximum absolute atomic E-state index is 15.4. The van der Waals surface area contributed by atoms with E-state index < -0.39 is 11.8 Å². The van der Waals surface area contributed by atoms with Crippen molar-refractivity contribution >= 4 is 10.9 Å². The number of hydrogen-bond acceptors (Lipinski definition) is 3. The number of aliphatic hydroxyl groups is 1. The topological polar surface area (TPSA) is 41.3 Å². The Kier molecular flexibility index (Phi) is 4.07. The Labute approximate surface area is 164 Å². The number of hydrogen-bond donors (Lipinski definition) is 1. The Morgan fingerprint density at radius 3 is 2.96 bits per heavy atom. The van der Waals surface area contributed by atoms with E-state index in [1.54, 1.807) is 19.3 Å². The maximum atomic E-state index is 15.4. The van der Waals surface area contributed by atoms with Crippen LogP contribution in [0.15, 0.2) is 42.7 Å². The van der Waals surface area contributed by atoms with Crippen LogP contribution in [0.3, 0.4) is 0 Å². The average molecular weight is 379 g/mol. The van der Waals surface area contributed by atoms with Crippen LogP contribution in [-0.4, -0.2) is 32.6 Å². The number of halogens is 1. The molecule has 2 aromatic heterocycles. The smallest absolute Gasteiger partial charge is 0.153 e. The average Bonchev–Trinajstić information content (AvgIpc) is 3.25. The summed E-state index contributed by atoms with van der Waals surface area (Å²) in [5.41, 5.74) is 3.69. The molecule has 1 saturated heterocycles. The minimum Gasteiger partial charge on any atom is -0.384 e. The fourth-order valence-corrected chi connectivity index (χ4v) is 5.12. The van der Waals surface area contributed by atoms with Gasteiger partial charge in [0.05, 0.1) is 12.2 Å². The number of aromatic nitrogens is 2. The first-order chi connectivity index (χ1) is 13.5. The van der Waals surface area contributed by atoms with Crippen molar-refractivity contribution in [3.8, 4) is 0 Å². The first-order valence-corrected chi connectivity index (χ1v) is 10.1. The molecule has 5 rings (SSSR count). The Morgan fingerprint density at radius 1 is 1.32 bits per heavy atom. The van der Waals surface area contributed by atoms with Gasteiger partial charge in [-0.15, -0.1) is 0 Å². The van der Waals surface area contributed by atoms with Crippen molar-refractivity contribution in [2.45, 2.75) is 51.0 Å². The molecule has 2 aliphatic rings. The molecule has 0 saturated carbocycles. The molecule has 5 heteroatoms. The highest BCUT2D eigenvalue weighted by Crippen LogP contribution is 2.47. The lowest BCUT2D eigenvalue weighted by Crippen LogP contribution is -2.35. The Morgan fingerprint density at radius 2 is 2.18 bits per heavy atom. The predicted molar refractivity (Wildman–Crippen MR) is 108 cm³/mol. The van der Waals surface area contributed by atoms with Crippen LogP contribution in [0.25, 0.3) is 10.9 Å². The van der Waals surface area contributed by atoms with Crippen LogP contribution in [0.5, 0.6) is 0 Å². The molecule has 1 fully saturated rings. The summed E-state index contributed by atoms with van der Waals surface area (Å²) in [5, 5.41) is 12.4. The lowest BCUT2D eigenvalue weighted by Gasteiger charge is -2.34. The molecular formula is C23H26FN3O. The van der Waals surface area contributed by atoms with E-state index in [0.717, 1.165) is 47.1 Å². The van der Waals surface area contributed by atoms with E-state index in [2.05, 4.69) is 35.0 Å². The third-order valence-electron chi connectivity index (χ3n) is 6.44. The van der Waals surface area contributed by atoms with Crippen LogP contribution >= 0.6 is 0 Å². The van der Waals surface area contributed by atoms with E-state index >= 15 is 4.39 Å². The van der Waals surface area contributed by atoms with Crippen molar-refractivity contribution in [3.05, 3.63) is 65.1 Å². The zero-order valence-electron chi connectivity index (χ0n) is 16.4. The standard InChI is InChI=1S/C23H26FN3O/c1-15-7-8-19-17(11-15)21-20-6-4-10-26(20)13-18(24)22(21)27(19)14-23(2,28)16-5-3-9-25-12-16/h3,5,7-9,11-12,18,20,28H,4,6,10,13-14H2,1-2H3. The Hall–Kier alpha value is -2.24. The molecule has 3 unspecified atom stereocenters. The lowest BCUT2D eigenvalue weighted by molar-refractivity contribution is 0.0360. The zero-order chi connectivity index (χ0) is 19.5. The molecule has 4 heterocycles. The number of pyridine rings is 1. The van der Waals surface area contributed by atoms with Gasteiger partial charge in [-0.2, -0.15) is 0 Å². The number of nitrogens with zero attached hydrogens (tertiary/aromatic N) is 3. The number of rotatable bonds is 3. The molecule has 4 nitrogen and oxygen atoms in total. The van der Waals surface area contributed by atoms with E-state index in [0.29, 0.717) is 13.1 Å². The summed E-state index contributed by atoms with van der Waals surface area (Å²) in [4.78, 5) is 6.44. The molecule has 0 amide bonds. The summed E-state index contributed by atoms with van der Waals surface area (Å²) in [6.07, 6.45) is 4.53. The van der Waals surface area contributed by atoms with Crippen LogP contribution in [0.4, 0.5) is 4.39 Å². The summed E-state index contributed by atoms with van der Waals surface area (Å²) >= 11 is 0. The highest BCUT2D eigenvalue weighted by atomic mass is 19.1. The van der Waals surface area contributed by atoms with E-state index in [1.807, 2.05) is 16.7 Å². The fourth-order valence-electron chi connectivity index (χ4n) is 5.12. The van der Waals surface area contributed by atoms with Crippen LogP contribution in [0, 0.1) is 6.92 Å². The highest BCUT2D eigenvalue weighted by molar-refractivity contribution is 5.87. The van der Waals surface area contributed by atoms with Crippen LogP contribution < -0.4 is 0 Å². The van der Waals surface area contributed by atoms with E-state index in [1.165, 1.54) is 5.56 Å². The van der Waals surface area contributed by atoms with Crippen LogP contribution in [0.1, 0.15) is 54.4 Å². The van der Waals surface area contributed by atoms with Gasteiger partial charge in [-0.25, -0.2) is 4.39 Å². The second-order valence-electron chi connectivity index (χ2n) is 8.54. The van der Waals surface area contributed by atoms with Gasteiger partial charge >= 0.3 is 0 Å². The third kappa shape index (κ3) is 2.68. The number of fused-ring (bicyclic) bond motifs is 5. The quantitative estimate of drug-likeness (QED) is 0.733. The minimum absolute atomic E-state index is 0.288. The van der Waals surface area contributed by atoms with E-state index in [9.17, 15) is 5.11 Å².